The lowest BCUT2D eigenvalue weighted by Crippen LogP contribution is -2.17. The second-order valence-electron chi connectivity index (χ2n) is 4.56. The summed E-state index contributed by atoms with van der Waals surface area (Å²) >= 11 is 0. The van der Waals surface area contributed by atoms with Gasteiger partial charge in [0.25, 0.3) is 6.43 Å². The molecule has 0 saturated heterocycles. The zero-order valence-electron chi connectivity index (χ0n) is 11.6. The lowest BCUT2D eigenvalue weighted by molar-refractivity contribution is 0.0152. The van der Waals surface area contributed by atoms with Crippen LogP contribution in [0, 0.1) is 13.8 Å². The second kappa shape index (κ2) is 7.40. The molecule has 1 atom stereocenters. The first-order chi connectivity index (χ1) is 8.95. The molecule has 108 valence electrons. The van der Waals surface area contributed by atoms with Crippen LogP contribution in [0.15, 0.2) is 12.1 Å². The number of halogens is 2. The van der Waals surface area contributed by atoms with Crippen molar-refractivity contribution >= 4 is 0 Å². The fourth-order valence-corrected chi connectivity index (χ4v) is 2.11. The van der Waals surface area contributed by atoms with Crippen LogP contribution < -0.4 is 10.5 Å². The molecular weight excluding hydrogens is 252 g/mol. The molecule has 2 N–H and O–H groups in total. The number of ether oxygens (including phenoxy) is 2. The van der Waals surface area contributed by atoms with Crippen LogP contribution in [-0.4, -0.2) is 26.7 Å². The first-order valence-electron chi connectivity index (χ1n) is 6.22. The Morgan fingerprint density at radius 3 is 2.53 bits per heavy atom. The van der Waals surface area contributed by atoms with Crippen LogP contribution in [-0.2, 0) is 4.74 Å². The first-order valence-corrected chi connectivity index (χ1v) is 6.22. The van der Waals surface area contributed by atoms with Gasteiger partial charge in [-0.2, -0.15) is 0 Å². The van der Waals surface area contributed by atoms with Crippen molar-refractivity contribution in [3.63, 3.8) is 0 Å². The minimum absolute atomic E-state index is 0.210. The third-order valence-corrected chi connectivity index (χ3v) is 2.90. The van der Waals surface area contributed by atoms with E-state index in [-0.39, 0.29) is 12.6 Å². The monoisotopic (exact) mass is 273 g/mol. The molecule has 5 heteroatoms. The minimum atomic E-state index is -2.44. The summed E-state index contributed by atoms with van der Waals surface area (Å²) in [4.78, 5) is 0. The Balaban J connectivity index is 2.68. The van der Waals surface area contributed by atoms with Gasteiger partial charge >= 0.3 is 0 Å². The molecule has 0 aliphatic heterocycles. The van der Waals surface area contributed by atoms with Gasteiger partial charge in [-0.25, -0.2) is 8.78 Å². The third-order valence-electron chi connectivity index (χ3n) is 2.90. The molecule has 0 fully saturated rings. The molecule has 1 unspecified atom stereocenters. The van der Waals surface area contributed by atoms with Crippen molar-refractivity contribution in [3.8, 4) is 5.75 Å². The predicted molar refractivity (Wildman–Crippen MR) is 70.8 cm³/mol. The maximum atomic E-state index is 11.9. The molecule has 1 rings (SSSR count). The van der Waals surface area contributed by atoms with Gasteiger partial charge in [0.2, 0.25) is 0 Å². The van der Waals surface area contributed by atoms with Gasteiger partial charge in [-0.15, -0.1) is 0 Å². The van der Waals surface area contributed by atoms with E-state index in [1.165, 1.54) is 0 Å². The Bertz CT molecular complexity index is 411. The molecular formula is C14H21F2NO2. The molecule has 19 heavy (non-hydrogen) atoms. The van der Waals surface area contributed by atoms with Crippen molar-refractivity contribution in [1.29, 1.82) is 0 Å². The van der Waals surface area contributed by atoms with E-state index in [0.717, 1.165) is 22.4 Å². The highest BCUT2D eigenvalue weighted by molar-refractivity contribution is 5.44. The molecule has 1 aromatic rings. The molecule has 1 aromatic carbocycles. The van der Waals surface area contributed by atoms with Crippen molar-refractivity contribution < 1.29 is 18.3 Å². The van der Waals surface area contributed by atoms with Crippen LogP contribution in [0.5, 0.6) is 5.75 Å². The van der Waals surface area contributed by atoms with E-state index < -0.39 is 13.0 Å². The van der Waals surface area contributed by atoms with E-state index in [0.29, 0.717) is 6.42 Å². The van der Waals surface area contributed by atoms with E-state index in [1.54, 1.807) is 7.11 Å². The Labute approximate surface area is 112 Å². The van der Waals surface area contributed by atoms with E-state index in [9.17, 15) is 8.78 Å². The standard InChI is InChI=1S/C14H21F2NO2/c1-9-6-10(2)14(12(7-9)18-3)11(17)4-5-19-8-13(15)16/h6-7,11,13H,4-5,8,17H2,1-3H3. The predicted octanol–water partition coefficient (Wildman–Crippen LogP) is 2.98. The van der Waals surface area contributed by atoms with Gasteiger partial charge in [0.1, 0.15) is 12.4 Å². The van der Waals surface area contributed by atoms with Gasteiger partial charge in [0.05, 0.1) is 7.11 Å². The van der Waals surface area contributed by atoms with Crippen molar-refractivity contribution in [3.05, 3.63) is 28.8 Å². The van der Waals surface area contributed by atoms with Gasteiger partial charge in [-0.1, -0.05) is 6.07 Å². The van der Waals surface area contributed by atoms with Crippen molar-refractivity contribution in [1.82, 2.24) is 0 Å². The number of aryl methyl sites for hydroxylation is 2. The van der Waals surface area contributed by atoms with E-state index in [1.807, 2.05) is 26.0 Å². The Morgan fingerprint density at radius 2 is 1.95 bits per heavy atom. The fourth-order valence-electron chi connectivity index (χ4n) is 2.11. The van der Waals surface area contributed by atoms with Crippen molar-refractivity contribution in [2.24, 2.45) is 5.73 Å². The van der Waals surface area contributed by atoms with Gasteiger partial charge in [-0.05, 0) is 37.5 Å². The van der Waals surface area contributed by atoms with Crippen LogP contribution in [0.25, 0.3) is 0 Å². The molecule has 0 radical (unpaired) electrons. The molecule has 0 aliphatic rings. The number of rotatable bonds is 7. The average Bonchev–Trinajstić information content (AvgIpc) is 2.33. The van der Waals surface area contributed by atoms with Gasteiger partial charge in [-0.3, -0.25) is 0 Å². The van der Waals surface area contributed by atoms with Gasteiger partial charge in [0.15, 0.2) is 0 Å². The van der Waals surface area contributed by atoms with E-state index in [2.05, 4.69) is 0 Å². The summed E-state index contributed by atoms with van der Waals surface area (Å²) in [5.41, 5.74) is 9.14. The van der Waals surface area contributed by atoms with Crippen LogP contribution in [0.3, 0.4) is 0 Å². The maximum absolute atomic E-state index is 11.9. The minimum Gasteiger partial charge on any atom is -0.496 e. The lowest BCUT2D eigenvalue weighted by Gasteiger charge is -2.19. The number of hydrogen-bond donors (Lipinski definition) is 1. The zero-order chi connectivity index (χ0) is 14.4. The Morgan fingerprint density at radius 1 is 1.26 bits per heavy atom. The molecule has 0 aromatic heterocycles. The highest BCUT2D eigenvalue weighted by Gasteiger charge is 2.15. The van der Waals surface area contributed by atoms with Crippen molar-refractivity contribution in [2.45, 2.75) is 32.7 Å². The maximum Gasteiger partial charge on any atom is 0.261 e. The number of nitrogens with two attached hydrogens (primary N) is 1. The normalized spacial score (nSPS) is 12.8. The quantitative estimate of drug-likeness (QED) is 0.777. The molecule has 0 bridgehead atoms. The van der Waals surface area contributed by atoms with E-state index >= 15 is 0 Å². The highest BCUT2D eigenvalue weighted by Crippen LogP contribution is 2.30. The molecule has 0 heterocycles. The summed E-state index contributed by atoms with van der Waals surface area (Å²) in [6, 6.07) is 3.66. The largest absolute Gasteiger partial charge is 0.496 e. The molecule has 0 saturated carbocycles. The first kappa shape index (κ1) is 15.9. The zero-order valence-corrected chi connectivity index (χ0v) is 11.6. The number of benzene rings is 1. The Hall–Kier alpha value is -1.20. The van der Waals surface area contributed by atoms with Gasteiger partial charge in [0, 0.05) is 18.2 Å². The summed E-state index contributed by atoms with van der Waals surface area (Å²) in [7, 11) is 1.59. The summed E-state index contributed by atoms with van der Waals surface area (Å²) in [6.07, 6.45) is -1.96. The Kier molecular flexibility index (Phi) is 6.18. The van der Waals surface area contributed by atoms with Crippen LogP contribution in [0.2, 0.25) is 0 Å². The fraction of sp³-hybridized carbons (Fsp3) is 0.571. The molecule has 0 amide bonds. The molecule has 3 nitrogen and oxygen atoms in total. The lowest BCUT2D eigenvalue weighted by atomic mass is 9.96. The van der Waals surface area contributed by atoms with Crippen LogP contribution in [0.4, 0.5) is 8.78 Å². The number of hydrogen-bond acceptors (Lipinski definition) is 3. The van der Waals surface area contributed by atoms with E-state index in [4.69, 9.17) is 15.2 Å². The number of alkyl halides is 2. The summed E-state index contributed by atoms with van der Waals surface area (Å²) in [5.74, 6) is 0.735. The second-order valence-corrected chi connectivity index (χ2v) is 4.56. The SMILES string of the molecule is COc1cc(C)cc(C)c1C(N)CCOCC(F)F. The molecule has 0 aliphatic carbocycles. The smallest absolute Gasteiger partial charge is 0.261 e. The molecule has 0 spiro atoms. The average molecular weight is 273 g/mol. The third kappa shape index (κ3) is 4.76. The summed E-state index contributed by atoms with van der Waals surface area (Å²) in [6.45, 7) is 3.61. The van der Waals surface area contributed by atoms with Crippen LogP contribution in [0.1, 0.15) is 29.2 Å². The highest BCUT2D eigenvalue weighted by atomic mass is 19.3. The summed E-state index contributed by atoms with van der Waals surface area (Å²) < 4.78 is 34.1. The van der Waals surface area contributed by atoms with Crippen molar-refractivity contribution in [2.75, 3.05) is 20.3 Å². The topological polar surface area (TPSA) is 44.5 Å². The van der Waals surface area contributed by atoms with Gasteiger partial charge < -0.3 is 15.2 Å². The van der Waals surface area contributed by atoms with Crippen LogP contribution >= 0.6 is 0 Å². The summed E-state index contributed by atoms with van der Waals surface area (Å²) in [5, 5.41) is 0. The number of methoxy groups -OCH3 is 1.